The number of thiol groups is 1. The second kappa shape index (κ2) is 5.47. The van der Waals surface area contributed by atoms with E-state index in [0.29, 0.717) is 6.61 Å². The van der Waals surface area contributed by atoms with E-state index in [0.717, 1.165) is 45.1 Å². The van der Waals surface area contributed by atoms with Crippen LogP contribution in [0.5, 0.6) is 0 Å². The van der Waals surface area contributed by atoms with Gasteiger partial charge in [-0.3, -0.25) is 0 Å². The van der Waals surface area contributed by atoms with Crippen molar-refractivity contribution in [1.82, 2.24) is 0 Å². The molecular weight excluding hydrogens is 228 g/mol. The van der Waals surface area contributed by atoms with Gasteiger partial charge in [-0.25, -0.2) is 8.42 Å². The minimum absolute atomic E-state index is 0.0510. The molecule has 1 aliphatic carbocycles. The first kappa shape index (κ1) is 12.3. The molecule has 1 heterocycles. The first-order chi connectivity index (χ1) is 7.73. The number of hydrogen-bond donors (Lipinski definition) is 1. The first-order valence-electron chi connectivity index (χ1n) is 6.11. The van der Waals surface area contributed by atoms with Gasteiger partial charge < -0.3 is 9.47 Å². The Hall–Kier alpha value is -0.130. The minimum Gasteiger partial charge on any atom is -0.353 e. The van der Waals surface area contributed by atoms with E-state index < -0.39 is 10.7 Å². The molecule has 2 rings (SSSR count). The monoisotopic (exact) mass is 248 g/mol. The predicted molar refractivity (Wildman–Crippen MR) is 61.1 cm³/mol. The van der Waals surface area contributed by atoms with Gasteiger partial charge in [0.25, 0.3) is 0 Å². The lowest BCUT2D eigenvalue weighted by Gasteiger charge is -2.22. The second-order valence-corrected chi connectivity index (χ2v) is 6.21. The zero-order chi connectivity index (χ0) is 11.4. The maximum atomic E-state index is 11.0. The fourth-order valence-electron chi connectivity index (χ4n) is 2.13. The summed E-state index contributed by atoms with van der Waals surface area (Å²) in [5, 5.41) is 0. The summed E-state index contributed by atoms with van der Waals surface area (Å²) in [5.41, 5.74) is 0. The SMILES string of the molecule is O=[SH](=O)C1(CCCOC2CCCCO2)CC1. The Morgan fingerprint density at radius 3 is 2.69 bits per heavy atom. The molecule has 0 aromatic heterocycles. The summed E-state index contributed by atoms with van der Waals surface area (Å²) >= 11 is 0. The van der Waals surface area contributed by atoms with Crippen LogP contribution < -0.4 is 0 Å². The smallest absolute Gasteiger partial charge is 0.157 e. The van der Waals surface area contributed by atoms with Gasteiger partial charge in [0, 0.05) is 13.2 Å². The van der Waals surface area contributed by atoms with Crippen molar-refractivity contribution in [2.75, 3.05) is 13.2 Å². The van der Waals surface area contributed by atoms with Gasteiger partial charge in [-0.15, -0.1) is 0 Å². The summed E-state index contributed by atoms with van der Waals surface area (Å²) in [4.78, 5) is 0. The molecule has 2 aliphatic rings. The fraction of sp³-hybridized carbons (Fsp3) is 1.00. The van der Waals surface area contributed by atoms with Gasteiger partial charge in [-0.1, -0.05) is 0 Å². The van der Waals surface area contributed by atoms with E-state index in [2.05, 4.69) is 0 Å². The lowest BCUT2D eigenvalue weighted by molar-refractivity contribution is -0.162. The summed E-state index contributed by atoms with van der Waals surface area (Å²) < 4.78 is 32.5. The van der Waals surface area contributed by atoms with Gasteiger partial charge in [-0.05, 0) is 44.9 Å². The third-order valence-electron chi connectivity index (χ3n) is 3.44. The van der Waals surface area contributed by atoms with E-state index in [1.807, 2.05) is 0 Å². The Labute approximate surface area is 98.3 Å². The quantitative estimate of drug-likeness (QED) is 0.571. The van der Waals surface area contributed by atoms with E-state index in [1.54, 1.807) is 0 Å². The Kier molecular flexibility index (Phi) is 4.21. The third kappa shape index (κ3) is 3.18. The topological polar surface area (TPSA) is 52.6 Å². The highest BCUT2D eigenvalue weighted by atomic mass is 32.2. The van der Waals surface area contributed by atoms with Crippen molar-refractivity contribution in [2.45, 2.75) is 56.0 Å². The van der Waals surface area contributed by atoms with E-state index in [4.69, 9.17) is 9.47 Å². The molecule has 1 saturated carbocycles. The van der Waals surface area contributed by atoms with Crippen molar-refractivity contribution >= 4 is 10.7 Å². The Bertz CT molecular complexity index is 282. The molecule has 0 bridgehead atoms. The summed E-state index contributed by atoms with van der Waals surface area (Å²) in [6.07, 6.45) is 6.46. The number of ether oxygens (including phenoxy) is 2. The molecule has 1 atom stereocenters. The zero-order valence-corrected chi connectivity index (χ0v) is 10.4. The lowest BCUT2D eigenvalue weighted by Crippen LogP contribution is -2.23. The van der Waals surface area contributed by atoms with Gasteiger partial charge >= 0.3 is 0 Å². The van der Waals surface area contributed by atoms with Crippen molar-refractivity contribution in [1.29, 1.82) is 0 Å². The van der Waals surface area contributed by atoms with Crippen molar-refractivity contribution in [2.24, 2.45) is 0 Å². The van der Waals surface area contributed by atoms with Crippen LogP contribution in [0.15, 0.2) is 0 Å². The van der Waals surface area contributed by atoms with Crippen LogP contribution in [0.1, 0.15) is 44.9 Å². The van der Waals surface area contributed by atoms with Gasteiger partial charge in [-0.2, -0.15) is 0 Å². The van der Waals surface area contributed by atoms with Crippen LogP contribution in [-0.4, -0.2) is 32.7 Å². The molecule has 16 heavy (non-hydrogen) atoms. The molecule has 1 saturated heterocycles. The van der Waals surface area contributed by atoms with Gasteiger partial charge in [0.1, 0.15) is 10.7 Å². The van der Waals surface area contributed by atoms with Crippen LogP contribution in [-0.2, 0) is 20.2 Å². The Balaban J connectivity index is 1.58. The standard InChI is InChI=1S/C11H20O4S/c12-16(13)11(6-7-11)5-3-9-15-10-4-1-2-8-14-10/h10,16H,1-9H2. The molecule has 0 aromatic rings. The maximum Gasteiger partial charge on any atom is 0.157 e. The molecule has 4 nitrogen and oxygen atoms in total. The second-order valence-electron chi connectivity index (χ2n) is 4.75. The Morgan fingerprint density at radius 2 is 2.12 bits per heavy atom. The molecule has 1 unspecified atom stereocenters. The van der Waals surface area contributed by atoms with Gasteiger partial charge in [0.2, 0.25) is 0 Å². The Morgan fingerprint density at radius 1 is 1.31 bits per heavy atom. The summed E-state index contributed by atoms with van der Waals surface area (Å²) in [6.45, 7) is 1.41. The van der Waals surface area contributed by atoms with Gasteiger partial charge in [0.15, 0.2) is 6.29 Å². The van der Waals surface area contributed by atoms with Crippen molar-refractivity contribution in [3.8, 4) is 0 Å². The normalized spacial score (nSPS) is 28.2. The average molecular weight is 248 g/mol. The summed E-state index contributed by atoms with van der Waals surface area (Å²) in [5.74, 6) is 0. The predicted octanol–water partition coefficient (Wildman–Crippen LogP) is 1.45. The van der Waals surface area contributed by atoms with Crippen LogP contribution in [0.2, 0.25) is 0 Å². The highest BCUT2D eigenvalue weighted by molar-refractivity contribution is 7.74. The molecule has 0 amide bonds. The van der Waals surface area contributed by atoms with Crippen molar-refractivity contribution in [3.05, 3.63) is 0 Å². The average Bonchev–Trinajstić information content (AvgIpc) is 3.07. The highest BCUT2D eigenvalue weighted by Crippen LogP contribution is 2.43. The number of hydrogen-bond acceptors (Lipinski definition) is 4. The molecule has 0 aromatic carbocycles. The van der Waals surface area contributed by atoms with Crippen molar-refractivity contribution < 1.29 is 17.9 Å². The van der Waals surface area contributed by atoms with E-state index >= 15 is 0 Å². The summed E-state index contributed by atoms with van der Waals surface area (Å²) in [7, 11) is -2.25. The highest BCUT2D eigenvalue weighted by Gasteiger charge is 2.45. The van der Waals surface area contributed by atoms with Crippen LogP contribution in [0.4, 0.5) is 0 Å². The van der Waals surface area contributed by atoms with Crippen LogP contribution in [0, 0.1) is 0 Å². The number of rotatable bonds is 6. The maximum absolute atomic E-state index is 11.0. The largest absolute Gasteiger partial charge is 0.353 e. The summed E-state index contributed by atoms with van der Waals surface area (Å²) in [6, 6.07) is 0. The minimum atomic E-state index is -2.25. The zero-order valence-electron chi connectivity index (χ0n) is 9.52. The molecule has 94 valence electrons. The van der Waals surface area contributed by atoms with Crippen LogP contribution in [0.25, 0.3) is 0 Å². The third-order valence-corrected chi connectivity index (χ3v) is 4.89. The molecule has 0 N–H and O–H groups in total. The molecule has 0 spiro atoms. The van der Waals surface area contributed by atoms with Gasteiger partial charge in [0.05, 0.1) is 4.75 Å². The molecule has 0 radical (unpaired) electrons. The van der Waals surface area contributed by atoms with Crippen molar-refractivity contribution in [3.63, 3.8) is 0 Å². The van der Waals surface area contributed by atoms with Crippen LogP contribution >= 0.6 is 0 Å². The first-order valence-corrected chi connectivity index (χ1v) is 7.28. The molecular formula is C11H20O4S. The molecule has 5 heteroatoms. The van der Waals surface area contributed by atoms with E-state index in [9.17, 15) is 8.42 Å². The van der Waals surface area contributed by atoms with E-state index in [1.165, 1.54) is 6.42 Å². The fourth-order valence-corrected chi connectivity index (χ4v) is 2.94. The molecule has 2 fully saturated rings. The molecule has 1 aliphatic heterocycles. The van der Waals surface area contributed by atoms with Crippen LogP contribution in [0.3, 0.4) is 0 Å². The lowest BCUT2D eigenvalue weighted by atomic mass is 10.2. The van der Waals surface area contributed by atoms with E-state index in [-0.39, 0.29) is 11.0 Å².